The van der Waals surface area contributed by atoms with Gasteiger partial charge in [0.1, 0.15) is 12.4 Å². The number of hydrogen-bond donors (Lipinski definition) is 2. The molecule has 6 nitrogen and oxygen atoms in total. The average molecular weight is 284 g/mol. The lowest BCUT2D eigenvalue weighted by Crippen LogP contribution is -2.46. The fraction of sp³-hybridized carbons (Fsp3) is 0.417. The van der Waals surface area contributed by atoms with E-state index in [2.05, 4.69) is 10.0 Å². The number of para-hydroxylation sites is 1. The van der Waals surface area contributed by atoms with Crippen LogP contribution in [0.1, 0.15) is 5.56 Å². The summed E-state index contributed by atoms with van der Waals surface area (Å²) in [7, 11) is -3.35. The Kier molecular flexibility index (Phi) is 4.06. The van der Waals surface area contributed by atoms with Gasteiger partial charge >= 0.3 is 0 Å². The molecule has 0 aromatic heterocycles. The van der Waals surface area contributed by atoms with Crippen LogP contribution in [0.4, 0.5) is 0 Å². The predicted molar refractivity (Wildman–Crippen MR) is 70.4 cm³/mol. The molecule has 7 heteroatoms. The van der Waals surface area contributed by atoms with Crippen molar-refractivity contribution in [3.8, 4) is 5.75 Å². The first-order valence-electron chi connectivity index (χ1n) is 5.89. The molecule has 0 aliphatic carbocycles. The van der Waals surface area contributed by atoms with Crippen LogP contribution in [0, 0.1) is 0 Å². The van der Waals surface area contributed by atoms with Crippen molar-refractivity contribution in [3.63, 3.8) is 0 Å². The molecule has 1 aromatic rings. The molecule has 1 heterocycles. The Labute approximate surface area is 112 Å². The first-order chi connectivity index (χ1) is 8.94. The van der Waals surface area contributed by atoms with Gasteiger partial charge in [-0.25, -0.2) is 13.1 Å². The van der Waals surface area contributed by atoms with Gasteiger partial charge in [-0.3, -0.25) is 4.79 Å². The summed E-state index contributed by atoms with van der Waals surface area (Å²) in [4.78, 5) is 11.6. The second-order valence-corrected chi connectivity index (χ2v) is 6.31. The molecular formula is C12H16N2O4S. The van der Waals surface area contributed by atoms with Gasteiger partial charge in [0, 0.05) is 0 Å². The number of benzene rings is 1. The Balaban J connectivity index is 1.87. The summed E-state index contributed by atoms with van der Waals surface area (Å²) in [6.07, 6.45) is 1.70. The van der Waals surface area contributed by atoms with Gasteiger partial charge in [0.25, 0.3) is 0 Å². The fourth-order valence-corrected chi connectivity index (χ4v) is 2.29. The van der Waals surface area contributed by atoms with Crippen LogP contribution in [-0.4, -0.2) is 39.8 Å². The minimum atomic E-state index is -3.35. The molecule has 0 bridgehead atoms. The van der Waals surface area contributed by atoms with Crippen LogP contribution >= 0.6 is 0 Å². The van der Waals surface area contributed by atoms with Crippen LogP contribution in [0.2, 0.25) is 0 Å². The zero-order valence-corrected chi connectivity index (χ0v) is 11.4. The number of sulfonamides is 1. The molecule has 1 unspecified atom stereocenters. The monoisotopic (exact) mass is 284 g/mol. The van der Waals surface area contributed by atoms with Crippen molar-refractivity contribution in [2.75, 3.05) is 19.4 Å². The molecule has 0 spiro atoms. The Bertz CT molecular complexity index is 571. The summed E-state index contributed by atoms with van der Waals surface area (Å²) in [5.41, 5.74) is 1.04. The lowest BCUT2D eigenvalue weighted by Gasteiger charge is -2.26. The molecule has 1 aliphatic rings. The van der Waals surface area contributed by atoms with E-state index in [1.54, 1.807) is 0 Å². The van der Waals surface area contributed by atoms with Gasteiger partial charge in [0.2, 0.25) is 15.9 Å². The standard InChI is InChI=1S/C12H16N2O4S/c1-19(16,17)13-7-12(15)14-10-6-9-4-2-3-5-11(9)18-8-10/h2-5,10,13H,6-8H2,1H3,(H,14,15). The van der Waals surface area contributed by atoms with E-state index in [1.165, 1.54) is 0 Å². The normalized spacial score (nSPS) is 18.3. The van der Waals surface area contributed by atoms with Crippen LogP contribution in [0.25, 0.3) is 0 Å². The van der Waals surface area contributed by atoms with Gasteiger partial charge in [-0.1, -0.05) is 18.2 Å². The number of amides is 1. The third kappa shape index (κ3) is 4.22. The van der Waals surface area contributed by atoms with Crippen LogP contribution in [0.3, 0.4) is 0 Å². The van der Waals surface area contributed by atoms with Crippen LogP contribution in [0.5, 0.6) is 5.75 Å². The smallest absolute Gasteiger partial charge is 0.235 e. The summed E-state index contributed by atoms with van der Waals surface area (Å²) in [5.74, 6) is 0.473. The van der Waals surface area contributed by atoms with Gasteiger partial charge in [-0.05, 0) is 18.1 Å². The summed E-state index contributed by atoms with van der Waals surface area (Å²) in [6.45, 7) is 0.138. The van der Waals surface area contributed by atoms with E-state index in [4.69, 9.17) is 4.74 Å². The zero-order valence-electron chi connectivity index (χ0n) is 10.5. The molecule has 0 radical (unpaired) electrons. The van der Waals surface area contributed by atoms with Gasteiger partial charge in [-0.15, -0.1) is 0 Å². The van der Waals surface area contributed by atoms with Crippen LogP contribution in [0.15, 0.2) is 24.3 Å². The van der Waals surface area contributed by atoms with Gasteiger partial charge in [-0.2, -0.15) is 0 Å². The third-order valence-electron chi connectivity index (χ3n) is 2.74. The molecule has 19 heavy (non-hydrogen) atoms. The summed E-state index contributed by atoms with van der Waals surface area (Å²) < 4.78 is 29.4. The van der Waals surface area contributed by atoms with Crippen molar-refractivity contribution >= 4 is 15.9 Å². The Hall–Kier alpha value is -1.60. The summed E-state index contributed by atoms with van der Waals surface area (Å²) in [6, 6.07) is 7.51. The van der Waals surface area contributed by atoms with Crippen molar-refractivity contribution in [2.45, 2.75) is 12.5 Å². The Morgan fingerprint density at radius 3 is 2.89 bits per heavy atom. The molecule has 1 atom stereocenters. The van der Waals surface area contributed by atoms with E-state index in [0.717, 1.165) is 17.6 Å². The van der Waals surface area contributed by atoms with E-state index in [9.17, 15) is 13.2 Å². The van der Waals surface area contributed by atoms with Crippen molar-refractivity contribution in [3.05, 3.63) is 29.8 Å². The largest absolute Gasteiger partial charge is 0.491 e. The molecule has 0 saturated heterocycles. The Morgan fingerprint density at radius 2 is 2.16 bits per heavy atom. The number of nitrogens with one attached hydrogen (secondary N) is 2. The predicted octanol–water partition coefficient (Wildman–Crippen LogP) is -0.344. The number of rotatable bonds is 4. The van der Waals surface area contributed by atoms with Gasteiger partial charge in [0.15, 0.2) is 0 Å². The van der Waals surface area contributed by atoms with Gasteiger partial charge in [0.05, 0.1) is 18.8 Å². The number of hydrogen-bond acceptors (Lipinski definition) is 4. The molecule has 1 aromatic carbocycles. The minimum absolute atomic E-state index is 0.135. The lowest BCUT2D eigenvalue weighted by atomic mass is 10.0. The van der Waals surface area contributed by atoms with Crippen molar-refractivity contribution in [1.29, 1.82) is 0 Å². The highest BCUT2D eigenvalue weighted by atomic mass is 32.2. The minimum Gasteiger partial charge on any atom is -0.491 e. The van der Waals surface area contributed by atoms with Crippen molar-refractivity contribution in [2.24, 2.45) is 0 Å². The first kappa shape index (κ1) is 13.8. The number of fused-ring (bicyclic) bond motifs is 1. The summed E-state index contributed by atoms with van der Waals surface area (Å²) >= 11 is 0. The van der Waals surface area contributed by atoms with Crippen LogP contribution in [-0.2, 0) is 21.2 Å². The average Bonchev–Trinajstić information content (AvgIpc) is 2.35. The van der Waals surface area contributed by atoms with Gasteiger partial charge < -0.3 is 10.1 Å². The molecule has 104 valence electrons. The lowest BCUT2D eigenvalue weighted by molar-refractivity contribution is -0.120. The SMILES string of the molecule is CS(=O)(=O)NCC(=O)NC1COc2ccccc2C1. The maximum absolute atomic E-state index is 11.6. The molecule has 2 N–H and O–H groups in total. The third-order valence-corrected chi connectivity index (χ3v) is 3.41. The number of carbonyl (C=O) groups excluding carboxylic acids is 1. The first-order valence-corrected chi connectivity index (χ1v) is 7.78. The molecule has 2 rings (SSSR count). The van der Waals surface area contributed by atoms with Crippen molar-refractivity contribution < 1.29 is 17.9 Å². The summed E-state index contributed by atoms with van der Waals surface area (Å²) in [5, 5.41) is 2.74. The van der Waals surface area contributed by atoms with E-state index < -0.39 is 10.0 Å². The molecule has 0 saturated carbocycles. The van der Waals surface area contributed by atoms with Crippen LogP contribution < -0.4 is 14.8 Å². The van der Waals surface area contributed by atoms with E-state index >= 15 is 0 Å². The second-order valence-electron chi connectivity index (χ2n) is 4.48. The quantitative estimate of drug-likeness (QED) is 0.792. The second kappa shape index (κ2) is 5.58. The maximum atomic E-state index is 11.6. The van der Waals surface area contributed by atoms with E-state index in [0.29, 0.717) is 13.0 Å². The molecular weight excluding hydrogens is 268 g/mol. The van der Waals surface area contributed by atoms with E-state index in [1.807, 2.05) is 24.3 Å². The molecule has 1 aliphatic heterocycles. The van der Waals surface area contributed by atoms with Crippen molar-refractivity contribution in [1.82, 2.24) is 10.0 Å². The highest BCUT2D eigenvalue weighted by molar-refractivity contribution is 7.88. The number of carbonyl (C=O) groups is 1. The highest BCUT2D eigenvalue weighted by Gasteiger charge is 2.21. The molecule has 0 fully saturated rings. The topological polar surface area (TPSA) is 84.5 Å². The fourth-order valence-electron chi connectivity index (χ4n) is 1.90. The number of ether oxygens (including phenoxy) is 1. The molecule has 1 amide bonds. The zero-order chi connectivity index (χ0) is 13.9. The Morgan fingerprint density at radius 1 is 1.42 bits per heavy atom. The maximum Gasteiger partial charge on any atom is 0.235 e. The van der Waals surface area contributed by atoms with E-state index in [-0.39, 0.29) is 18.5 Å². The highest BCUT2D eigenvalue weighted by Crippen LogP contribution is 2.23.